The molecule has 4 nitrogen and oxygen atoms in total. The molecule has 0 fully saturated rings. The van der Waals surface area contributed by atoms with E-state index < -0.39 is 12.1 Å². The molecule has 0 heterocycles. The van der Waals surface area contributed by atoms with Gasteiger partial charge in [-0.25, -0.2) is 0 Å². The maximum absolute atomic E-state index is 12.5. The second kappa shape index (κ2) is 63.9. The van der Waals surface area contributed by atoms with Crippen LogP contribution in [0.25, 0.3) is 0 Å². The van der Waals surface area contributed by atoms with Crippen molar-refractivity contribution < 1.29 is 15.0 Å². The molecule has 0 aliphatic carbocycles. The largest absolute Gasteiger partial charge is 0.394 e. The fourth-order valence-corrected chi connectivity index (χ4v) is 9.82. The van der Waals surface area contributed by atoms with Gasteiger partial charge in [0.1, 0.15) is 0 Å². The minimum absolute atomic E-state index is 0.0282. The standard InChI is InChI=1S/C69H125NO3/c1-3-5-7-9-11-13-15-17-19-21-23-25-27-28-29-30-31-32-33-34-35-36-37-38-39-40-41-42-43-45-47-49-51-53-55-57-59-61-63-65-69(73)70-67(66-71)68(72)64-62-60-58-56-54-52-50-48-46-44-26-24-22-20-18-16-14-12-10-8-6-4-2/h5,7,11,13,17,19,23,25,28-29,31-32,34-35,67-68,71-72H,3-4,6,8-10,12,14-16,18,20-22,24,26-27,30,33,36-66H2,1-2H3,(H,70,73)/b7-5-,13-11-,19-17-,25-23-,29-28-,32-31-,35-34-. The normalized spacial score (nSPS) is 13.3. The Bertz CT molecular complexity index is 1290. The topological polar surface area (TPSA) is 69.6 Å². The number of rotatable bonds is 59. The summed E-state index contributed by atoms with van der Waals surface area (Å²) in [4.78, 5) is 12.5. The van der Waals surface area contributed by atoms with E-state index in [0.29, 0.717) is 12.8 Å². The summed E-state index contributed by atoms with van der Waals surface area (Å²) in [6, 6.07) is -0.540. The Hall–Kier alpha value is -2.43. The van der Waals surface area contributed by atoms with E-state index in [1.165, 1.54) is 231 Å². The lowest BCUT2D eigenvalue weighted by Gasteiger charge is -2.22. The molecule has 0 aromatic rings. The summed E-state index contributed by atoms with van der Waals surface area (Å²) in [5.74, 6) is -0.0282. The number of aliphatic hydroxyl groups excluding tert-OH is 2. The van der Waals surface area contributed by atoms with Gasteiger partial charge in [0.2, 0.25) is 5.91 Å². The number of nitrogens with one attached hydrogen (secondary N) is 1. The molecule has 73 heavy (non-hydrogen) atoms. The molecule has 0 saturated heterocycles. The fraction of sp³-hybridized carbons (Fsp3) is 0.783. The summed E-state index contributed by atoms with van der Waals surface area (Å²) in [5.41, 5.74) is 0. The molecule has 424 valence electrons. The summed E-state index contributed by atoms with van der Waals surface area (Å²) in [5, 5.41) is 23.4. The summed E-state index contributed by atoms with van der Waals surface area (Å²) in [6.45, 7) is 4.27. The van der Waals surface area contributed by atoms with Crippen LogP contribution in [0.15, 0.2) is 85.1 Å². The number of carbonyl (C=O) groups excluding carboxylic acids is 1. The number of amides is 1. The molecule has 0 aliphatic rings. The summed E-state index contributed by atoms with van der Waals surface area (Å²) < 4.78 is 0. The highest BCUT2D eigenvalue weighted by Crippen LogP contribution is 2.18. The van der Waals surface area contributed by atoms with Crippen molar-refractivity contribution in [2.45, 2.75) is 341 Å². The van der Waals surface area contributed by atoms with Crippen LogP contribution in [-0.2, 0) is 4.79 Å². The van der Waals surface area contributed by atoms with Crippen molar-refractivity contribution in [3.63, 3.8) is 0 Å². The Labute approximate surface area is 456 Å². The zero-order chi connectivity index (χ0) is 52.7. The predicted octanol–water partition coefficient (Wildman–Crippen LogP) is 21.9. The maximum atomic E-state index is 12.5. The lowest BCUT2D eigenvalue weighted by molar-refractivity contribution is -0.123. The van der Waals surface area contributed by atoms with E-state index in [9.17, 15) is 15.0 Å². The van der Waals surface area contributed by atoms with Crippen LogP contribution >= 0.6 is 0 Å². The Morgan fingerprint density at radius 1 is 0.342 bits per heavy atom. The monoisotopic (exact) mass is 1020 g/mol. The number of unbranched alkanes of at least 4 members (excludes halogenated alkanes) is 38. The SMILES string of the molecule is CC/C=C\C/C=C\C/C=C\C/C=C\C/C=C\C/C=C\C/C=C\CCCCCCCCCCCCCCCCCCCC(=O)NC(CO)C(O)CCCCCCCCCCCCCCCCCCCCCCCC. The van der Waals surface area contributed by atoms with Gasteiger partial charge in [-0.1, -0.05) is 336 Å². The highest BCUT2D eigenvalue weighted by molar-refractivity contribution is 5.76. The van der Waals surface area contributed by atoms with Crippen LogP contribution in [-0.4, -0.2) is 34.9 Å². The van der Waals surface area contributed by atoms with Crippen molar-refractivity contribution >= 4 is 5.91 Å². The van der Waals surface area contributed by atoms with Crippen LogP contribution in [0.1, 0.15) is 328 Å². The van der Waals surface area contributed by atoms with E-state index in [1.807, 2.05) is 0 Å². The van der Waals surface area contributed by atoms with E-state index in [-0.39, 0.29) is 12.5 Å². The lowest BCUT2D eigenvalue weighted by Crippen LogP contribution is -2.45. The zero-order valence-corrected chi connectivity index (χ0v) is 48.9. The van der Waals surface area contributed by atoms with Crippen LogP contribution < -0.4 is 5.32 Å². The van der Waals surface area contributed by atoms with E-state index in [0.717, 1.165) is 70.6 Å². The van der Waals surface area contributed by atoms with E-state index in [4.69, 9.17) is 0 Å². The van der Waals surface area contributed by atoms with Crippen molar-refractivity contribution in [2.24, 2.45) is 0 Å². The van der Waals surface area contributed by atoms with E-state index >= 15 is 0 Å². The second-order valence-corrected chi connectivity index (χ2v) is 21.8. The number of hydrogen-bond donors (Lipinski definition) is 3. The quantitative estimate of drug-likeness (QED) is 0.0420. The van der Waals surface area contributed by atoms with E-state index in [2.05, 4.69) is 104 Å². The molecule has 0 spiro atoms. The van der Waals surface area contributed by atoms with Gasteiger partial charge in [-0.2, -0.15) is 0 Å². The Morgan fingerprint density at radius 2 is 0.603 bits per heavy atom. The van der Waals surface area contributed by atoms with Gasteiger partial charge < -0.3 is 15.5 Å². The third-order valence-corrected chi connectivity index (χ3v) is 14.7. The van der Waals surface area contributed by atoms with Crippen molar-refractivity contribution in [2.75, 3.05) is 6.61 Å². The molecule has 2 atom stereocenters. The van der Waals surface area contributed by atoms with Crippen LogP contribution in [0.5, 0.6) is 0 Å². The summed E-state index contributed by atoms with van der Waals surface area (Å²) in [6.07, 6.45) is 93.2. The molecule has 2 unspecified atom stereocenters. The smallest absolute Gasteiger partial charge is 0.220 e. The third kappa shape index (κ3) is 60.3. The molecular weight excluding hydrogens is 891 g/mol. The molecule has 0 aromatic carbocycles. The Kier molecular flexibility index (Phi) is 61.7. The molecule has 1 amide bonds. The average molecular weight is 1020 g/mol. The molecule has 0 rings (SSSR count). The first-order chi connectivity index (χ1) is 36.2. The van der Waals surface area contributed by atoms with Gasteiger partial charge in [0.25, 0.3) is 0 Å². The van der Waals surface area contributed by atoms with Crippen molar-refractivity contribution in [1.29, 1.82) is 0 Å². The highest BCUT2D eigenvalue weighted by atomic mass is 16.3. The Morgan fingerprint density at radius 3 is 0.904 bits per heavy atom. The number of hydrogen-bond acceptors (Lipinski definition) is 3. The predicted molar refractivity (Wildman–Crippen MR) is 327 cm³/mol. The third-order valence-electron chi connectivity index (χ3n) is 14.7. The molecule has 0 radical (unpaired) electrons. The van der Waals surface area contributed by atoms with Crippen LogP contribution in [0.2, 0.25) is 0 Å². The van der Waals surface area contributed by atoms with Gasteiger partial charge in [0, 0.05) is 6.42 Å². The zero-order valence-electron chi connectivity index (χ0n) is 48.9. The van der Waals surface area contributed by atoms with Gasteiger partial charge in [-0.15, -0.1) is 0 Å². The molecular formula is C69H125NO3. The number of carbonyl (C=O) groups is 1. The van der Waals surface area contributed by atoms with Gasteiger partial charge in [-0.05, 0) is 70.6 Å². The molecule has 3 N–H and O–H groups in total. The van der Waals surface area contributed by atoms with Crippen LogP contribution in [0.4, 0.5) is 0 Å². The fourth-order valence-electron chi connectivity index (χ4n) is 9.82. The minimum atomic E-state index is -0.663. The number of allylic oxidation sites excluding steroid dienone is 14. The first-order valence-corrected chi connectivity index (χ1v) is 32.3. The van der Waals surface area contributed by atoms with Crippen molar-refractivity contribution in [3.8, 4) is 0 Å². The van der Waals surface area contributed by atoms with Crippen LogP contribution in [0.3, 0.4) is 0 Å². The lowest BCUT2D eigenvalue weighted by atomic mass is 10.0. The first-order valence-electron chi connectivity index (χ1n) is 32.3. The first kappa shape index (κ1) is 70.6. The summed E-state index contributed by atoms with van der Waals surface area (Å²) in [7, 11) is 0. The van der Waals surface area contributed by atoms with Gasteiger partial charge in [0.05, 0.1) is 18.8 Å². The van der Waals surface area contributed by atoms with Crippen molar-refractivity contribution in [1.82, 2.24) is 5.32 Å². The molecule has 4 heteroatoms. The average Bonchev–Trinajstić information content (AvgIpc) is 3.40. The molecule has 0 bridgehead atoms. The minimum Gasteiger partial charge on any atom is -0.394 e. The maximum Gasteiger partial charge on any atom is 0.220 e. The van der Waals surface area contributed by atoms with E-state index in [1.54, 1.807) is 0 Å². The highest BCUT2D eigenvalue weighted by Gasteiger charge is 2.20. The van der Waals surface area contributed by atoms with Crippen molar-refractivity contribution in [3.05, 3.63) is 85.1 Å². The Balaban J connectivity index is 3.46. The van der Waals surface area contributed by atoms with Gasteiger partial charge in [-0.3, -0.25) is 4.79 Å². The summed E-state index contributed by atoms with van der Waals surface area (Å²) >= 11 is 0. The van der Waals surface area contributed by atoms with Crippen LogP contribution in [0, 0.1) is 0 Å². The van der Waals surface area contributed by atoms with Gasteiger partial charge >= 0.3 is 0 Å². The second-order valence-electron chi connectivity index (χ2n) is 21.8. The molecule has 0 aliphatic heterocycles. The molecule has 0 saturated carbocycles. The number of aliphatic hydroxyl groups is 2. The molecule has 0 aromatic heterocycles. The van der Waals surface area contributed by atoms with Gasteiger partial charge in [0.15, 0.2) is 0 Å².